The van der Waals surface area contributed by atoms with Gasteiger partial charge in [-0.05, 0) is 54.8 Å². The van der Waals surface area contributed by atoms with Gasteiger partial charge in [-0.3, -0.25) is 4.21 Å². The van der Waals surface area contributed by atoms with Crippen LogP contribution >= 0.6 is 0 Å². The number of aryl methyl sites for hydroxylation is 1. The van der Waals surface area contributed by atoms with Crippen LogP contribution in [0.3, 0.4) is 0 Å². The zero-order valence-electron chi connectivity index (χ0n) is 13.1. The van der Waals surface area contributed by atoms with Gasteiger partial charge in [-0.2, -0.15) is 0 Å². The number of carbonyl (C=O) groups excluding carboxylic acids is 1. The second kappa shape index (κ2) is 7.87. The van der Waals surface area contributed by atoms with Gasteiger partial charge in [0.1, 0.15) is 5.82 Å². The van der Waals surface area contributed by atoms with Gasteiger partial charge < -0.3 is 10.6 Å². The van der Waals surface area contributed by atoms with Crippen LogP contribution < -0.4 is 10.6 Å². The molecule has 0 aliphatic carbocycles. The van der Waals surface area contributed by atoms with Gasteiger partial charge in [0.25, 0.3) is 0 Å². The van der Waals surface area contributed by atoms with Crippen molar-refractivity contribution in [1.82, 2.24) is 5.32 Å². The molecule has 0 radical (unpaired) electrons. The van der Waals surface area contributed by atoms with Gasteiger partial charge in [0.15, 0.2) is 0 Å². The first-order valence-electron chi connectivity index (χ1n) is 7.19. The lowest BCUT2D eigenvalue weighted by atomic mass is 10.1. The molecular formula is C17H19FN2O2S. The molecule has 2 N–H and O–H groups in total. The van der Waals surface area contributed by atoms with Crippen LogP contribution in [0.15, 0.2) is 47.4 Å². The van der Waals surface area contributed by atoms with E-state index in [9.17, 15) is 13.4 Å². The van der Waals surface area contributed by atoms with Crippen LogP contribution in [0.4, 0.5) is 14.9 Å². The zero-order chi connectivity index (χ0) is 16.8. The molecular weight excluding hydrogens is 315 g/mol. The molecule has 0 aromatic heterocycles. The second-order valence-electron chi connectivity index (χ2n) is 5.18. The van der Waals surface area contributed by atoms with Gasteiger partial charge in [0, 0.05) is 34.2 Å². The SMILES string of the molecule is Cc1cc(F)ccc1CCNC(=O)Nc1cccc([S@@](C)=O)c1. The molecule has 4 nitrogen and oxygen atoms in total. The highest BCUT2D eigenvalue weighted by Gasteiger charge is 2.05. The molecule has 0 heterocycles. The lowest BCUT2D eigenvalue weighted by Gasteiger charge is -2.10. The fraction of sp³-hybridized carbons (Fsp3) is 0.235. The third kappa shape index (κ3) is 5.17. The number of hydrogen-bond donors (Lipinski definition) is 2. The van der Waals surface area contributed by atoms with Crippen molar-refractivity contribution in [2.24, 2.45) is 0 Å². The molecule has 2 amide bonds. The predicted octanol–water partition coefficient (Wildman–Crippen LogP) is 3.24. The summed E-state index contributed by atoms with van der Waals surface area (Å²) in [4.78, 5) is 12.5. The quantitative estimate of drug-likeness (QED) is 0.882. The van der Waals surface area contributed by atoms with E-state index in [1.165, 1.54) is 12.1 Å². The van der Waals surface area contributed by atoms with E-state index in [1.807, 2.05) is 6.92 Å². The van der Waals surface area contributed by atoms with E-state index in [-0.39, 0.29) is 11.8 Å². The van der Waals surface area contributed by atoms with Crippen molar-refractivity contribution in [3.05, 3.63) is 59.4 Å². The Balaban J connectivity index is 1.85. The number of halogens is 1. The number of hydrogen-bond acceptors (Lipinski definition) is 2. The minimum absolute atomic E-state index is 0.259. The molecule has 1 atom stereocenters. The molecule has 2 aromatic carbocycles. The van der Waals surface area contributed by atoms with Gasteiger partial charge in [0.2, 0.25) is 0 Å². The second-order valence-corrected chi connectivity index (χ2v) is 6.56. The Morgan fingerprint density at radius 1 is 1.22 bits per heavy atom. The van der Waals surface area contributed by atoms with E-state index in [2.05, 4.69) is 10.6 Å². The summed E-state index contributed by atoms with van der Waals surface area (Å²) in [5.41, 5.74) is 2.45. The van der Waals surface area contributed by atoms with Crippen molar-refractivity contribution in [2.75, 3.05) is 18.1 Å². The van der Waals surface area contributed by atoms with Crippen molar-refractivity contribution in [3.63, 3.8) is 0 Å². The average molecular weight is 334 g/mol. The van der Waals surface area contributed by atoms with Gasteiger partial charge in [0.05, 0.1) is 0 Å². The van der Waals surface area contributed by atoms with E-state index in [4.69, 9.17) is 0 Å². The number of amides is 2. The van der Waals surface area contributed by atoms with Gasteiger partial charge in [-0.25, -0.2) is 9.18 Å². The molecule has 0 fully saturated rings. The normalized spacial score (nSPS) is 11.8. The van der Waals surface area contributed by atoms with Crippen molar-refractivity contribution in [2.45, 2.75) is 18.2 Å². The van der Waals surface area contributed by atoms with Crippen LogP contribution in [0.5, 0.6) is 0 Å². The van der Waals surface area contributed by atoms with Gasteiger partial charge >= 0.3 is 6.03 Å². The first kappa shape index (κ1) is 17.1. The Labute approximate surface area is 137 Å². The van der Waals surface area contributed by atoms with Crippen molar-refractivity contribution in [1.29, 1.82) is 0 Å². The molecule has 2 rings (SSSR count). The monoisotopic (exact) mass is 334 g/mol. The van der Waals surface area contributed by atoms with Crippen LogP contribution in [0.2, 0.25) is 0 Å². The fourth-order valence-corrected chi connectivity index (χ4v) is 2.74. The third-order valence-electron chi connectivity index (χ3n) is 3.41. The highest BCUT2D eigenvalue weighted by molar-refractivity contribution is 7.84. The van der Waals surface area contributed by atoms with Crippen LogP contribution in [0.1, 0.15) is 11.1 Å². The fourth-order valence-electron chi connectivity index (χ4n) is 2.18. The van der Waals surface area contributed by atoms with E-state index >= 15 is 0 Å². The van der Waals surface area contributed by atoms with Crippen LogP contribution in [0.25, 0.3) is 0 Å². The molecule has 0 bridgehead atoms. The summed E-state index contributed by atoms with van der Waals surface area (Å²) >= 11 is 0. The molecule has 6 heteroatoms. The zero-order valence-corrected chi connectivity index (χ0v) is 13.9. The third-order valence-corrected chi connectivity index (χ3v) is 4.33. The number of anilines is 1. The minimum Gasteiger partial charge on any atom is -0.338 e. The summed E-state index contributed by atoms with van der Waals surface area (Å²) in [5, 5.41) is 5.45. The molecule has 0 unspecified atom stereocenters. The van der Waals surface area contributed by atoms with E-state index in [0.717, 1.165) is 11.1 Å². The van der Waals surface area contributed by atoms with Crippen molar-refractivity contribution < 1.29 is 13.4 Å². The van der Waals surface area contributed by atoms with Crippen LogP contribution in [0, 0.1) is 12.7 Å². The number of nitrogens with one attached hydrogen (secondary N) is 2. The summed E-state index contributed by atoms with van der Waals surface area (Å²) in [6, 6.07) is 11.2. The minimum atomic E-state index is -1.09. The molecule has 0 aliphatic rings. The van der Waals surface area contributed by atoms with Crippen LogP contribution in [-0.4, -0.2) is 23.0 Å². The Morgan fingerprint density at radius 2 is 2.00 bits per heavy atom. The molecule has 0 saturated heterocycles. The first-order chi connectivity index (χ1) is 11.0. The number of urea groups is 1. The van der Waals surface area contributed by atoms with E-state index in [1.54, 1.807) is 36.6 Å². The first-order valence-corrected chi connectivity index (χ1v) is 8.75. The predicted molar refractivity (Wildman–Crippen MR) is 90.6 cm³/mol. The van der Waals surface area contributed by atoms with Gasteiger partial charge in [-0.1, -0.05) is 12.1 Å². The molecule has 23 heavy (non-hydrogen) atoms. The summed E-state index contributed by atoms with van der Waals surface area (Å²) in [6.07, 6.45) is 2.21. The molecule has 0 aliphatic heterocycles. The summed E-state index contributed by atoms with van der Waals surface area (Å²) < 4.78 is 24.5. The number of carbonyl (C=O) groups is 1. The lowest BCUT2D eigenvalue weighted by Crippen LogP contribution is -2.30. The molecule has 0 spiro atoms. The Bertz CT molecular complexity index is 734. The van der Waals surface area contributed by atoms with E-state index < -0.39 is 10.8 Å². The summed E-state index contributed by atoms with van der Waals surface area (Å²) in [6.45, 7) is 2.28. The highest BCUT2D eigenvalue weighted by atomic mass is 32.2. The van der Waals surface area contributed by atoms with Crippen molar-refractivity contribution in [3.8, 4) is 0 Å². The smallest absolute Gasteiger partial charge is 0.319 e. The lowest BCUT2D eigenvalue weighted by molar-refractivity contribution is 0.252. The summed E-state index contributed by atoms with van der Waals surface area (Å²) in [5.74, 6) is -0.259. The highest BCUT2D eigenvalue weighted by Crippen LogP contribution is 2.13. The van der Waals surface area contributed by atoms with Gasteiger partial charge in [-0.15, -0.1) is 0 Å². The standard InChI is InChI=1S/C17H19FN2O2S/c1-12-10-14(18)7-6-13(12)8-9-19-17(21)20-15-4-3-5-16(11-15)23(2)22/h3-7,10-11H,8-9H2,1-2H3,(H2,19,20,21)/t23-/m1/s1. The van der Waals surface area contributed by atoms with E-state index in [0.29, 0.717) is 23.5 Å². The Hall–Kier alpha value is -2.21. The van der Waals surface area contributed by atoms with Crippen molar-refractivity contribution >= 4 is 22.5 Å². The molecule has 2 aromatic rings. The maximum Gasteiger partial charge on any atom is 0.319 e. The number of benzene rings is 2. The topological polar surface area (TPSA) is 58.2 Å². The maximum atomic E-state index is 13.0. The van der Waals surface area contributed by atoms with Crippen LogP contribution in [-0.2, 0) is 17.2 Å². The largest absolute Gasteiger partial charge is 0.338 e. The molecule has 0 saturated carbocycles. The molecule has 122 valence electrons. The summed E-state index contributed by atoms with van der Waals surface area (Å²) in [7, 11) is -1.09. The number of rotatable bonds is 5. The maximum absolute atomic E-state index is 13.0. The average Bonchev–Trinajstić information content (AvgIpc) is 2.49. The Kier molecular flexibility index (Phi) is 5.87. The Morgan fingerprint density at radius 3 is 2.70 bits per heavy atom.